The second-order valence-electron chi connectivity index (χ2n) is 8.59. The van der Waals surface area contributed by atoms with Gasteiger partial charge in [0.15, 0.2) is 0 Å². The first kappa shape index (κ1) is 18.0. The third kappa shape index (κ3) is 3.57. The lowest BCUT2D eigenvalue weighted by Gasteiger charge is -2.30. The summed E-state index contributed by atoms with van der Waals surface area (Å²) in [6.07, 6.45) is 6.32. The molecule has 0 radical (unpaired) electrons. The molecule has 3 heteroatoms. The van der Waals surface area contributed by atoms with Crippen LogP contribution in [0, 0.1) is 17.8 Å². The van der Waals surface area contributed by atoms with E-state index in [0.717, 1.165) is 24.4 Å². The van der Waals surface area contributed by atoms with Gasteiger partial charge in [0.05, 0.1) is 6.04 Å². The number of hydrogen-bond acceptors (Lipinski definition) is 3. The zero-order valence-corrected chi connectivity index (χ0v) is 16.2. The summed E-state index contributed by atoms with van der Waals surface area (Å²) in [5.41, 5.74) is 1.37. The molecule has 0 N–H and O–H groups in total. The maximum absolute atomic E-state index is 4.49. The first-order chi connectivity index (χ1) is 11.5. The van der Waals surface area contributed by atoms with Crippen molar-refractivity contribution in [1.82, 2.24) is 14.7 Å². The predicted octanol–water partition coefficient (Wildman–Crippen LogP) is 3.45. The minimum Gasteiger partial charge on any atom is -0.374 e. The second-order valence-corrected chi connectivity index (χ2v) is 8.59. The molecule has 1 saturated carbocycles. The predicted molar refractivity (Wildman–Crippen MR) is 103 cm³/mol. The van der Waals surface area contributed by atoms with Crippen molar-refractivity contribution in [3.63, 3.8) is 0 Å². The fourth-order valence-electron chi connectivity index (χ4n) is 4.90. The van der Waals surface area contributed by atoms with E-state index in [1.807, 2.05) is 0 Å². The summed E-state index contributed by atoms with van der Waals surface area (Å²) in [5, 5.41) is 0. The van der Waals surface area contributed by atoms with Crippen molar-refractivity contribution >= 4 is 0 Å². The van der Waals surface area contributed by atoms with Crippen LogP contribution in [0.3, 0.4) is 0 Å². The van der Waals surface area contributed by atoms with E-state index in [2.05, 4.69) is 61.8 Å². The zero-order valence-electron chi connectivity index (χ0n) is 16.2. The molecule has 3 fully saturated rings. The van der Waals surface area contributed by atoms with Gasteiger partial charge in [0, 0.05) is 37.4 Å². The monoisotopic (exact) mass is 331 g/mol. The molecule has 3 aliphatic rings. The average Bonchev–Trinajstić information content (AvgIpc) is 3.43. The van der Waals surface area contributed by atoms with Crippen LogP contribution in [0.25, 0.3) is 0 Å². The van der Waals surface area contributed by atoms with E-state index in [0.29, 0.717) is 18.0 Å². The minimum atomic E-state index is 0.530. The number of likely N-dealkylation sites (N-methyl/N-ethyl adjacent to an activating group) is 2. The Morgan fingerprint density at radius 1 is 1.29 bits per heavy atom. The third-order valence-corrected chi connectivity index (χ3v) is 6.52. The minimum absolute atomic E-state index is 0.530. The van der Waals surface area contributed by atoms with Gasteiger partial charge in [-0.15, -0.1) is 6.58 Å². The number of likely N-dealkylation sites (tertiary alicyclic amines) is 1. The van der Waals surface area contributed by atoms with Crippen molar-refractivity contribution in [1.29, 1.82) is 0 Å². The zero-order chi connectivity index (χ0) is 17.4. The molecule has 2 aliphatic heterocycles. The molecule has 2 heterocycles. The van der Waals surface area contributed by atoms with Crippen LogP contribution in [0.5, 0.6) is 0 Å². The van der Waals surface area contributed by atoms with Gasteiger partial charge < -0.3 is 4.90 Å². The molecular weight excluding hydrogens is 294 g/mol. The fourth-order valence-corrected chi connectivity index (χ4v) is 4.90. The fraction of sp³-hybridized carbons (Fsp3) is 0.810. The number of hydrogen-bond donors (Lipinski definition) is 0. The first-order valence-electron chi connectivity index (χ1n) is 10.00. The molecule has 0 aromatic rings. The SMILES string of the molecule is C=CC(C(C)C)N1CCC(CN(CC)C(=C)C2C(C3CC3)N2C)C1. The highest BCUT2D eigenvalue weighted by molar-refractivity contribution is 5.23. The third-order valence-electron chi connectivity index (χ3n) is 6.52. The van der Waals surface area contributed by atoms with Gasteiger partial charge in [-0.05, 0) is 57.5 Å². The lowest BCUT2D eigenvalue weighted by atomic mass is 10.0. The molecule has 3 rings (SSSR count). The van der Waals surface area contributed by atoms with Gasteiger partial charge in [0.1, 0.15) is 0 Å². The van der Waals surface area contributed by atoms with Crippen LogP contribution in [0.2, 0.25) is 0 Å². The molecule has 0 amide bonds. The second kappa shape index (κ2) is 7.21. The van der Waals surface area contributed by atoms with Gasteiger partial charge in [-0.3, -0.25) is 9.80 Å². The smallest absolute Gasteiger partial charge is 0.0651 e. The van der Waals surface area contributed by atoms with Crippen LogP contribution in [-0.2, 0) is 0 Å². The molecular formula is C21H37N3. The summed E-state index contributed by atoms with van der Waals surface area (Å²) in [4.78, 5) is 7.74. The highest BCUT2D eigenvalue weighted by Gasteiger charge is 2.54. The Kier molecular flexibility index (Phi) is 5.41. The maximum atomic E-state index is 4.49. The molecule has 2 saturated heterocycles. The maximum Gasteiger partial charge on any atom is 0.0651 e. The normalized spacial score (nSPS) is 34.4. The number of nitrogens with zero attached hydrogens (tertiary/aromatic N) is 3. The van der Waals surface area contributed by atoms with Crippen molar-refractivity contribution in [2.75, 3.05) is 33.2 Å². The Bertz CT molecular complexity index is 468. The van der Waals surface area contributed by atoms with E-state index in [9.17, 15) is 0 Å². The van der Waals surface area contributed by atoms with Crippen molar-refractivity contribution in [2.45, 2.75) is 58.2 Å². The lowest BCUT2D eigenvalue weighted by molar-refractivity contribution is 0.214. The largest absolute Gasteiger partial charge is 0.374 e. The molecule has 5 unspecified atom stereocenters. The van der Waals surface area contributed by atoms with E-state index in [1.165, 1.54) is 44.6 Å². The molecule has 0 aromatic heterocycles. The van der Waals surface area contributed by atoms with Crippen LogP contribution in [0.1, 0.15) is 40.0 Å². The highest BCUT2D eigenvalue weighted by Crippen LogP contribution is 2.48. The van der Waals surface area contributed by atoms with Crippen molar-refractivity contribution < 1.29 is 0 Å². The van der Waals surface area contributed by atoms with Crippen LogP contribution in [0.4, 0.5) is 0 Å². The summed E-state index contributed by atoms with van der Waals surface area (Å²) >= 11 is 0. The van der Waals surface area contributed by atoms with Gasteiger partial charge in [-0.2, -0.15) is 0 Å². The molecule has 5 atom stereocenters. The van der Waals surface area contributed by atoms with Crippen LogP contribution in [-0.4, -0.2) is 66.1 Å². The summed E-state index contributed by atoms with van der Waals surface area (Å²) < 4.78 is 0. The molecule has 0 aromatic carbocycles. The van der Waals surface area contributed by atoms with Gasteiger partial charge in [-0.25, -0.2) is 0 Å². The Morgan fingerprint density at radius 3 is 2.54 bits per heavy atom. The molecule has 136 valence electrons. The summed E-state index contributed by atoms with van der Waals surface area (Å²) in [7, 11) is 2.28. The Balaban J connectivity index is 1.52. The number of rotatable bonds is 9. The Morgan fingerprint density at radius 2 is 2.00 bits per heavy atom. The van der Waals surface area contributed by atoms with E-state index in [4.69, 9.17) is 0 Å². The van der Waals surface area contributed by atoms with Gasteiger partial charge in [0.2, 0.25) is 0 Å². The standard InChI is InChI=1S/C21H37N3/c1-7-19(15(3)4)24-12-11-17(14-24)13-23(8-2)16(5)20-21(22(20)6)18-9-10-18/h7,15,17-21H,1,5,8-14H2,2-4,6H3. The Labute approximate surface area is 149 Å². The van der Waals surface area contributed by atoms with E-state index in [-0.39, 0.29) is 0 Å². The summed E-state index contributed by atoms with van der Waals surface area (Å²) in [5.74, 6) is 2.38. The van der Waals surface area contributed by atoms with E-state index >= 15 is 0 Å². The summed E-state index contributed by atoms with van der Waals surface area (Å²) in [6.45, 7) is 20.1. The van der Waals surface area contributed by atoms with Crippen molar-refractivity contribution in [3.05, 3.63) is 24.9 Å². The van der Waals surface area contributed by atoms with Gasteiger partial charge in [-0.1, -0.05) is 26.5 Å². The molecule has 1 aliphatic carbocycles. The summed E-state index contributed by atoms with van der Waals surface area (Å²) in [6, 6.07) is 1.94. The topological polar surface area (TPSA) is 9.49 Å². The van der Waals surface area contributed by atoms with Crippen LogP contribution < -0.4 is 0 Å². The Hall–Kier alpha value is -0.800. The molecule has 24 heavy (non-hydrogen) atoms. The van der Waals surface area contributed by atoms with E-state index < -0.39 is 0 Å². The first-order valence-corrected chi connectivity index (χ1v) is 10.00. The van der Waals surface area contributed by atoms with Crippen molar-refractivity contribution in [2.24, 2.45) is 17.8 Å². The van der Waals surface area contributed by atoms with Crippen LogP contribution >= 0.6 is 0 Å². The lowest BCUT2D eigenvalue weighted by Crippen LogP contribution is -2.37. The molecule has 0 bridgehead atoms. The van der Waals surface area contributed by atoms with E-state index in [1.54, 1.807) is 0 Å². The molecule has 3 nitrogen and oxygen atoms in total. The molecule has 0 spiro atoms. The van der Waals surface area contributed by atoms with Gasteiger partial charge >= 0.3 is 0 Å². The quantitative estimate of drug-likeness (QED) is 0.473. The highest BCUT2D eigenvalue weighted by atomic mass is 15.4. The van der Waals surface area contributed by atoms with Gasteiger partial charge in [0.25, 0.3) is 0 Å². The van der Waals surface area contributed by atoms with Crippen molar-refractivity contribution in [3.8, 4) is 0 Å². The van der Waals surface area contributed by atoms with Crippen LogP contribution in [0.15, 0.2) is 24.9 Å². The average molecular weight is 332 g/mol.